The van der Waals surface area contributed by atoms with Gasteiger partial charge in [0.15, 0.2) is 0 Å². The second-order valence-electron chi connectivity index (χ2n) is 4.34. The van der Waals surface area contributed by atoms with Crippen LogP contribution < -0.4 is 0 Å². The lowest BCUT2D eigenvalue weighted by Gasteiger charge is -2.28. The lowest BCUT2D eigenvalue weighted by Crippen LogP contribution is -2.43. The number of rotatable bonds is 7. The summed E-state index contributed by atoms with van der Waals surface area (Å²) in [6.07, 6.45) is 1.65. The van der Waals surface area contributed by atoms with Crippen LogP contribution in [0.5, 0.6) is 0 Å². The molecular formula is C14H21N3O3. The number of pyridine rings is 1. The van der Waals surface area contributed by atoms with Crippen molar-refractivity contribution in [2.45, 2.75) is 26.8 Å². The number of carboxylic acid groups (broad SMARTS) is 1. The molecule has 0 aliphatic rings. The number of hydrogen-bond acceptors (Lipinski definition) is 3. The van der Waals surface area contributed by atoms with Gasteiger partial charge in [-0.05, 0) is 26.0 Å². The van der Waals surface area contributed by atoms with Crippen LogP contribution in [0.25, 0.3) is 0 Å². The van der Waals surface area contributed by atoms with Crippen LogP contribution in [0.3, 0.4) is 0 Å². The van der Waals surface area contributed by atoms with E-state index in [9.17, 15) is 9.59 Å². The number of nitrogens with zero attached hydrogens (tertiary/aromatic N) is 3. The molecule has 0 saturated carbocycles. The second kappa shape index (κ2) is 8.14. The molecule has 6 heteroatoms. The fourth-order valence-corrected chi connectivity index (χ4v) is 1.82. The number of carbonyl (C=O) groups is 2. The summed E-state index contributed by atoms with van der Waals surface area (Å²) in [5, 5.41) is 8.71. The topological polar surface area (TPSA) is 73.7 Å². The zero-order valence-electron chi connectivity index (χ0n) is 12.0. The van der Waals surface area contributed by atoms with Gasteiger partial charge in [0.1, 0.15) is 0 Å². The van der Waals surface area contributed by atoms with E-state index < -0.39 is 5.97 Å². The third-order valence-electron chi connectivity index (χ3n) is 2.98. The van der Waals surface area contributed by atoms with Crippen LogP contribution in [0.15, 0.2) is 24.4 Å². The Morgan fingerprint density at radius 3 is 2.40 bits per heavy atom. The van der Waals surface area contributed by atoms with E-state index >= 15 is 0 Å². The Hall–Kier alpha value is -2.11. The van der Waals surface area contributed by atoms with Gasteiger partial charge in [0.2, 0.25) is 0 Å². The molecule has 0 aliphatic heterocycles. The maximum atomic E-state index is 12.4. The van der Waals surface area contributed by atoms with Crippen molar-refractivity contribution >= 4 is 12.0 Å². The summed E-state index contributed by atoms with van der Waals surface area (Å²) < 4.78 is 0. The predicted molar refractivity (Wildman–Crippen MR) is 75.2 cm³/mol. The standard InChI is InChI=1S/C14H21N3O3/c1-3-16(10-8-13(18)19)14(20)17(4-2)11-12-7-5-6-9-15-12/h5-7,9H,3-4,8,10-11H2,1-2H3,(H,18,19). The van der Waals surface area contributed by atoms with E-state index in [1.807, 2.05) is 32.0 Å². The van der Waals surface area contributed by atoms with E-state index in [0.717, 1.165) is 5.69 Å². The molecule has 0 unspecified atom stereocenters. The summed E-state index contributed by atoms with van der Waals surface area (Å²) >= 11 is 0. The summed E-state index contributed by atoms with van der Waals surface area (Å²) in [6.45, 7) is 5.44. The Kier molecular flexibility index (Phi) is 6.49. The number of carbonyl (C=O) groups excluding carboxylic acids is 1. The highest BCUT2D eigenvalue weighted by atomic mass is 16.4. The van der Waals surface area contributed by atoms with Gasteiger partial charge in [-0.3, -0.25) is 9.78 Å². The number of carboxylic acids is 1. The largest absolute Gasteiger partial charge is 0.481 e. The highest BCUT2D eigenvalue weighted by Crippen LogP contribution is 2.06. The average molecular weight is 279 g/mol. The van der Waals surface area contributed by atoms with Gasteiger partial charge in [0.25, 0.3) is 0 Å². The van der Waals surface area contributed by atoms with Crippen molar-refractivity contribution in [3.05, 3.63) is 30.1 Å². The second-order valence-corrected chi connectivity index (χ2v) is 4.34. The molecule has 2 amide bonds. The molecule has 0 atom stereocenters. The predicted octanol–water partition coefficient (Wildman–Crippen LogP) is 1.82. The van der Waals surface area contributed by atoms with E-state index in [2.05, 4.69) is 4.98 Å². The molecule has 20 heavy (non-hydrogen) atoms. The van der Waals surface area contributed by atoms with E-state index in [1.54, 1.807) is 16.0 Å². The zero-order chi connectivity index (χ0) is 15.0. The number of urea groups is 1. The highest BCUT2D eigenvalue weighted by Gasteiger charge is 2.19. The lowest BCUT2D eigenvalue weighted by molar-refractivity contribution is -0.137. The van der Waals surface area contributed by atoms with E-state index in [1.165, 1.54) is 0 Å². The van der Waals surface area contributed by atoms with Gasteiger partial charge >= 0.3 is 12.0 Å². The molecule has 1 N–H and O–H groups in total. The molecule has 0 bridgehead atoms. The van der Waals surface area contributed by atoms with Crippen molar-refractivity contribution in [3.63, 3.8) is 0 Å². The molecule has 110 valence electrons. The van der Waals surface area contributed by atoms with Crippen LogP contribution in [-0.2, 0) is 11.3 Å². The monoisotopic (exact) mass is 279 g/mol. The van der Waals surface area contributed by atoms with Gasteiger partial charge in [0, 0.05) is 25.8 Å². The Bertz CT molecular complexity index is 437. The minimum absolute atomic E-state index is 0.0410. The van der Waals surface area contributed by atoms with Crippen molar-refractivity contribution in [1.82, 2.24) is 14.8 Å². The first kappa shape index (κ1) is 15.9. The van der Waals surface area contributed by atoms with Crippen molar-refractivity contribution in [3.8, 4) is 0 Å². The Balaban J connectivity index is 2.66. The number of hydrogen-bond donors (Lipinski definition) is 1. The first-order chi connectivity index (χ1) is 9.58. The third kappa shape index (κ3) is 4.87. The van der Waals surface area contributed by atoms with Crippen LogP contribution in [0, 0.1) is 0 Å². The highest BCUT2D eigenvalue weighted by molar-refractivity contribution is 5.75. The summed E-state index contributed by atoms with van der Waals surface area (Å²) in [5.41, 5.74) is 0.817. The zero-order valence-corrected chi connectivity index (χ0v) is 12.0. The fourth-order valence-electron chi connectivity index (χ4n) is 1.82. The molecule has 1 aromatic rings. The molecule has 6 nitrogen and oxygen atoms in total. The van der Waals surface area contributed by atoms with Gasteiger partial charge in [-0.1, -0.05) is 6.07 Å². The van der Waals surface area contributed by atoms with Crippen LogP contribution in [0.2, 0.25) is 0 Å². The molecule has 0 aliphatic carbocycles. The number of amides is 2. The normalized spacial score (nSPS) is 10.1. The summed E-state index contributed by atoms with van der Waals surface area (Å²) in [7, 11) is 0. The van der Waals surface area contributed by atoms with E-state index in [4.69, 9.17) is 5.11 Å². The molecule has 0 spiro atoms. The van der Waals surface area contributed by atoms with Crippen molar-refractivity contribution in [2.75, 3.05) is 19.6 Å². The first-order valence-electron chi connectivity index (χ1n) is 6.74. The van der Waals surface area contributed by atoms with Crippen LogP contribution in [0.1, 0.15) is 26.0 Å². The van der Waals surface area contributed by atoms with Crippen LogP contribution in [0.4, 0.5) is 4.79 Å². The Morgan fingerprint density at radius 1 is 1.20 bits per heavy atom. The summed E-state index contributed by atoms with van der Waals surface area (Å²) in [6, 6.07) is 5.42. The van der Waals surface area contributed by atoms with Gasteiger partial charge in [-0.25, -0.2) is 4.79 Å². The van der Waals surface area contributed by atoms with Gasteiger partial charge in [-0.15, -0.1) is 0 Å². The van der Waals surface area contributed by atoms with Crippen molar-refractivity contribution in [2.24, 2.45) is 0 Å². The van der Waals surface area contributed by atoms with E-state index in [0.29, 0.717) is 19.6 Å². The number of aliphatic carboxylic acids is 1. The molecule has 0 fully saturated rings. The Labute approximate surface area is 119 Å². The molecule has 1 rings (SSSR count). The van der Waals surface area contributed by atoms with Crippen molar-refractivity contribution in [1.29, 1.82) is 0 Å². The summed E-state index contributed by atoms with van der Waals surface area (Å²) in [4.78, 5) is 30.4. The molecule has 1 heterocycles. The molecule has 0 aromatic carbocycles. The first-order valence-corrected chi connectivity index (χ1v) is 6.74. The molecule has 0 radical (unpaired) electrons. The van der Waals surface area contributed by atoms with Crippen LogP contribution >= 0.6 is 0 Å². The smallest absolute Gasteiger partial charge is 0.320 e. The Morgan fingerprint density at radius 2 is 1.90 bits per heavy atom. The molecule has 0 saturated heterocycles. The maximum Gasteiger partial charge on any atom is 0.320 e. The number of aromatic nitrogens is 1. The third-order valence-corrected chi connectivity index (χ3v) is 2.98. The minimum Gasteiger partial charge on any atom is -0.481 e. The van der Waals surface area contributed by atoms with Crippen molar-refractivity contribution < 1.29 is 14.7 Å². The van der Waals surface area contributed by atoms with E-state index in [-0.39, 0.29) is 19.0 Å². The molecule has 1 aromatic heterocycles. The molecular weight excluding hydrogens is 258 g/mol. The van der Waals surface area contributed by atoms with Gasteiger partial charge in [-0.2, -0.15) is 0 Å². The summed E-state index contributed by atoms with van der Waals surface area (Å²) in [5.74, 6) is -0.899. The van der Waals surface area contributed by atoms with Gasteiger partial charge < -0.3 is 14.9 Å². The van der Waals surface area contributed by atoms with Crippen LogP contribution in [-0.4, -0.2) is 51.5 Å². The average Bonchev–Trinajstić information content (AvgIpc) is 2.46. The maximum absolute atomic E-state index is 12.4. The fraction of sp³-hybridized carbons (Fsp3) is 0.500. The lowest BCUT2D eigenvalue weighted by atomic mass is 10.3. The minimum atomic E-state index is -0.899. The quantitative estimate of drug-likeness (QED) is 0.826. The van der Waals surface area contributed by atoms with Gasteiger partial charge in [0.05, 0.1) is 18.7 Å². The SMILES string of the molecule is CCN(CCC(=O)O)C(=O)N(CC)Cc1ccccn1.